The Bertz CT molecular complexity index is 498. The number of likely N-dealkylation sites (N-methyl/N-ethyl adjacent to an activating group) is 1. The van der Waals surface area contributed by atoms with Crippen molar-refractivity contribution in [2.75, 3.05) is 20.2 Å². The molecule has 1 rings (SSSR count). The molecule has 102 valence electrons. The third kappa shape index (κ3) is 7.62. The van der Waals surface area contributed by atoms with Gasteiger partial charge in [-0.25, -0.2) is 12.7 Å². The Morgan fingerprint density at radius 3 is 2.68 bits per heavy atom. The van der Waals surface area contributed by atoms with Crippen LogP contribution >= 0.6 is 15.9 Å². The molecule has 0 fully saturated rings. The van der Waals surface area contributed by atoms with Gasteiger partial charge in [0.1, 0.15) is 18.5 Å². The van der Waals surface area contributed by atoms with E-state index in [9.17, 15) is 18.1 Å². The zero-order valence-electron chi connectivity index (χ0n) is 10.6. The van der Waals surface area contributed by atoms with Crippen molar-refractivity contribution in [3.8, 4) is 5.75 Å². The van der Waals surface area contributed by atoms with E-state index in [0.29, 0.717) is 10.1 Å². The van der Waals surface area contributed by atoms with E-state index in [-0.39, 0.29) is 42.7 Å². The molecule has 0 radical (unpaired) electrons. The van der Waals surface area contributed by atoms with E-state index in [4.69, 9.17) is 4.74 Å². The van der Waals surface area contributed by atoms with Crippen molar-refractivity contribution in [3.05, 3.63) is 28.7 Å². The molecule has 1 unspecified atom stereocenters. The molecule has 0 aliphatic rings. The van der Waals surface area contributed by atoms with Crippen molar-refractivity contribution < 1.29 is 52.4 Å². The van der Waals surface area contributed by atoms with Gasteiger partial charge in [-0.1, -0.05) is 22.0 Å². The minimum absolute atomic E-state index is 0. The number of rotatable bonds is 6. The molecular formula is C10H13BrNNaO5S. The maximum absolute atomic E-state index is 10.6. The van der Waals surface area contributed by atoms with Crippen molar-refractivity contribution >= 4 is 26.2 Å². The van der Waals surface area contributed by atoms with E-state index in [1.54, 1.807) is 18.2 Å². The van der Waals surface area contributed by atoms with Gasteiger partial charge in [-0.15, -0.1) is 0 Å². The molecule has 19 heavy (non-hydrogen) atoms. The number of ether oxygens (including phenoxy) is 1. The summed E-state index contributed by atoms with van der Waals surface area (Å²) in [4.78, 5) is 0. The Balaban J connectivity index is 0.00000324. The van der Waals surface area contributed by atoms with Gasteiger partial charge in [0, 0.05) is 18.1 Å². The van der Waals surface area contributed by atoms with Crippen LogP contribution in [0, 0.1) is 0 Å². The largest absolute Gasteiger partial charge is 1.00 e. The quantitative estimate of drug-likeness (QED) is 0.450. The van der Waals surface area contributed by atoms with Crippen LogP contribution in [0.4, 0.5) is 0 Å². The summed E-state index contributed by atoms with van der Waals surface area (Å²) >= 11 is 3.26. The van der Waals surface area contributed by atoms with Gasteiger partial charge >= 0.3 is 29.6 Å². The Hall–Kier alpha value is 0.330. The van der Waals surface area contributed by atoms with Gasteiger partial charge in [-0.3, -0.25) is 0 Å². The van der Waals surface area contributed by atoms with Gasteiger partial charge in [0.25, 0.3) is 0 Å². The fourth-order valence-electron chi connectivity index (χ4n) is 1.19. The molecule has 0 spiro atoms. The molecule has 0 amide bonds. The first-order valence-electron chi connectivity index (χ1n) is 5.02. The monoisotopic (exact) mass is 361 g/mol. The van der Waals surface area contributed by atoms with Crippen LogP contribution in [0.3, 0.4) is 0 Å². The van der Waals surface area contributed by atoms with Gasteiger partial charge in [0.2, 0.25) is 0 Å². The second-order valence-corrected chi connectivity index (χ2v) is 6.05. The smallest absolute Gasteiger partial charge is 0.735 e. The molecule has 0 aromatic heterocycles. The Kier molecular flexibility index (Phi) is 8.73. The second-order valence-electron chi connectivity index (χ2n) is 3.66. The zero-order valence-corrected chi connectivity index (χ0v) is 15.0. The predicted molar refractivity (Wildman–Crippen MR) is 68.0 cm³/mol. The summed E-state index contributed by atoms with van der Waals surface area (Å²) in [5.41, 5.74) is 0. The van der Waals surface area contributed by atoms with E-state index >= 15 is 0 Å². The van der Waals surface area contributed by atoms with Crippen LogP contribution in [0.2, 0.25) is 0 Å². The topological polar surface area (TPSA) is 89.9 Å². The minimum Gasteiger partial charge on any atom is -0.735 e. The first-order chi connectivity index (χ1) is 8.29. The number of hydrogen-bond acceptors (Lipinski definition) is 5. The number of benzene rings is 1. The number of halogens is 1. The van der Waals surface area contributed by atoms with Crippen LogP contribution in [0.25, 0.3) is 0 Å². The van der Waals surface area contributed by atoms with Crippen molar-refractivity contribution in [2.24, 2.45) is 0 Å². The molecule has 0 saturated carbocycles. The van der Waals surface area contributed by atoms with E-state index in [1.165, 1.54) is 0 Å². The summed E-state index contributed by atoms with van der Waals surface area (Å²) in [5, 5.41) is 9.53. The molecule has 0 aliphatic carbocycles. The van der Waals surface area contributed by atoms with Crippen LogP contribution in [-0.4, -0.2) is 48.7 Å². The predicted octanol–water partition coefficient (Wildman–Crippen LogP) is -2.42. The van der Waals surface area contributed by atoms with Gasteiger partial charge in [0.05, 0.1) is 0 Å². The van der Waals surface area contributed by atoms with E-state index in [1.807, 2.05) is 6.07 Å². The van der Waals surface area contributed by atoms with E-state index in [0.717, 1.165) is 11.5 Å². The van der Waals surface area contributed by atoms with Crippen molar-refractivity contribution in [2.45, 2.75) is 6.10 Å². The first-order valence-corrected chi connectivity index (χ1v) is 7.18. The molecule has 0 heterocycles. The molecule has 1 N–H and O–H groups in total. The summed E-state index contributed by atoms with van der Waals surface area (Å²) in [7, 11) is -3.43. The third-order valence-corrected chi connectivity index (χ3v) is 3.49. The summed E-state index contributed by atoms with van der Waals surface area (Å²) < 4.78 is 38.4. The van der Waals surface area contributed by atoms with Gasteiger partial charge < -0.3 is 14.4 Å². The summed E-state index contributed by atoms with van der Waals surface area (Å²) in [5.74, 6) is 0.538. The minimum atomic E-state index is -4.53. The average molecular weight is 362 g/mol. The molecular weight excluding hydrogens is 349 g/mol. The van der Waals surface area contributed by atoms with Crippen molar-refractivity contribution in [1.29, 1.82) is 0 Å². The maximum Gasteiger partial charge on any atom is 1.00 e. The zero-order chi connectivity index (χ0) is 13.8. The third-order valence-electron chi connectivity index (χ3n) is 2.09. The average Bonchev–Trinajstić information content (AvgIpc) is 2.25. The molecule has 6 nitrogen and oxygen atoms in total. The summed E-state index contributed by atoms with van der Waals surface area (Å²) in [6.45, 7) is -0.407. The Labute approximate surface area is 143 Å². The molecule has 1 aromatic carbocycles. The molecule has 9 heteroatoms. The fourth-order valence-corrected chi connectivity index (χ4v) is 1.92. The van der Waals surface area contributed by atoms with E-state index < -0.39 is 16.4 Å². The van der Waals surface area contributed by atoms with Crippen LogP contribution in [0.1, 0.15) is 0 Å². The van der Waals surface area contributed by atoms with E-state index in [2.05, 4.69) is 15.9 Å². The molecule has 0 saturated heterocycles. The summed E-state index contributed by atoms with van der Waals surface area (Å²) in [6.07, 6.45) is -1.07. The normalized spacial score (nSPS) is 12.9. The van der Waals surface area contributed by atoms with Crippen molar-refractivity contribution in [3.63, 3.8) is 0 Å². The Morgan fingerprint density at radius 2 is 2.16 bits per heavy atom. The standard InChI is InChI=1S/C10H14BrNO5S.Na/c1-12(18(14,15)16)6-9(13)7-17-10-4-2-3-8(11)5-10;/h2-5,9,13H,6-7H2,1H3,(H,14,15,16);/q;+1/p-1. The SMILES string of the molecule is CN(CC(O)COc1cccc(Br)c1)S(=O)(=O)[O-].[Na+]. The second kappa shape index (κ2) is 8.58. The first kappa shape index (κ1) is 19.3. The Morgan fingerprint density at radius 1 is 1.53 bits per heavy atom. The van der Waals surface area contributed by atoms with Gasteiger partial charge in [-0.2, -0.15) is 0 Å². The van der Waals surface area contributed by atoms with Crippen LogP contribution < -0.4 is 34.3 Å². The molecule has 1 atom stereocenters. The number of aliphatic hydroxyl groups excluding tert-OH is 1. The van der Waals surface area contributed by atoms with Crippen molar-refractivity contribution in [1.82, 2.24) is 4.31 Å². The number of hydrogen-bond donors (Lipinski definition) is 1. The summed E-state index contributed by atoms with van der Waals surface area (Å²) in [6, 6.07) is 6.99. The van der Waals surface area contributed by atoms with Gasteiger partial charge in [0.15, 0.2) is 10.3 Å². The fraction of sp³-hybridized carbons (Fsp3) is 0.400. The number of aliphatic hydroxyl groups is 1. The number of nitrogens with zero attached hydrogens (tertiary/aromatic N) is 1. The molecule has 0 aliphatic heterocycles. The maximum atomic E-state index is 10.6. The van der Waals surface area contributed by atoms with Crippen LogP contribution in [0.15, 0.2) is 28.7 Å². The van der Waals surface area contributed by atoms with Crippen LogP contribution in [0.5, 0.6) is 5.75 Å². The van der Waals surface area contributed by atoms with Gasteiger partial charge in [-0.05, 0) is 18.2 Å². The van der Waals surface area contributed by atoms with Crippen LogP contribution in [-0.2, 0) is 10.3 Å². The molecule has 0 bridgehead atoms. The molecule has 1 aromatic rings.